The Morgan fingerprint density at radius 3 is 2.23 bits per heavy atom. The number of hydrogen-bond donors (Lipinski definition) is 1. The molecule has 0 radical (unpaired) electrons. The maximum Gasteiger partial charge on any atom is 0.0128 e. The van der Waals surface area contributed by atoms with Crippen LogP contribution < -0.4 is 5.73 Å². The van der Waals surface area contributed by atoms with E-state index >= 15 is 0 Å². The SMILES string of the molecule is C=C(C)/C(C1=C(C)CCC1)=C(/C)N. The van der Waals surface area contributed by atoms with Crippen molar-refractivity contribution in [2.45, 2.75) is 40.0 Å². The summed E-state index contributed by atoms with van der Waals surface area (Å²) in [7, 11) is 0. The first-order valence-electron chi connectivity index (χ1n) is 4.85. The monoisotopic (exact) mass is 177 g/mol. The Balaban J connectivity index is 3.10. The number of allylic oxidation sites excluding steroid dienone is 5. The Kier molecular flexibility index (Phi) is 2.97. The van der Waals surface area contributed by atoms with Gasteiger partial charge in [0.25, 0.3) is 0 Å². The molecule has 1 aliphatic rings. The van der Waals surface area contributed by atoms with E-state index in [9.17, 15) is 0 Å². The van der Waals surface area contributed by atoms with Crippen molar-refractivity contribution in [2.75, 3.05) is 0 Å². The summed E-state index contributed by atoms with van der Waals surface area (Å²) in [5.74, 6) is 0. The largest absolute Gasteiger partial charge is 0.402 e. The molecule has 0 spiro atoms. The first-order valence-corrected chi connectivity index (χ1v) is 4.85. The van der Waals surface area contributed by atoms with E-state index in [0.29, 0.717) is 0 Å². The van der Waals surface area contributed by atoms with Crippen LogP contribution in [0.3, 0.4) is 0 Å². The highest BCUT2D eigenvalue weighted by atomic mass is 14.6. The molecular formula is C12H19N. The quantitative estimate of drug-likeness (QED) is 0.643. The van der Waals surface area contributed by atoms with Crippen LogP contribution in [0, 0.1) is 0 Å². The van der Waals surface area contributed by atoms with Crippen molar-refractivity contribution >= 4 is 0 Å². The Hall–Kier alpha value is -0.980. The Bertz CT molecular complexity index is 288. The molecule has 0 bridgehead atoms. The zero-order valence-electron chi connectivity index (χ0n) is 8.91. The van der Waals surface area contributed by atoms with Gasteiger partial charge in [-0.1, -0.05) is 12.2 Å². The van der Waals surface area contributed by atoms with E-state index in [4.69, 9.17) is 5.73 Å². The van der Waals surface area contributed by atoms with Gasteiger partial charge in [-0.3, -0.25) is 0 Å². The van der Waals surface area contributed by atoms with E-state index in [2.05, 4.69) is 13.5 Å². The van der Waals surface area contributed by atoms with Gasteiger partial charge in [-0.2, -0.15) is 0 Å². The zero-order valence-corrected chi connectivity index (χ0v) is 8.91. The van der Waals surface area contributed by atoms with E-state index < -0.39 is 0 Å². The van der Waals surface area contributed by atoms with Crippen LogP contribution in [-0.2, 0) is 0 Å². The van der Waals surface area contributed by atoms with Crippen molar-refractivity contribution in [1.82, 2.24) is 0 Å². The van der Waals surface area contributed by atoms with Gasteiger partial charge in [0.05, 0.1) is 0 Å². The molecule has 1 heteroatoms. The normalized spacial score (nSPS) is 19.0. The standard InChI is InChI=1S/C12H19N/c1-8(2)12(10(4)13)11-7-5-6-9(11)3/h1,5-7,13H2,2-4H3/b12-10+. The summed E-state index contributed by atoms with van der Waals surface area (Å²) in [5, 5.41) is 0. The summed E-state index contributed by atoms with van der Waals surface area (Å²) in [6, 6.07) is 0. The molecule has 0 saturated carbocycles. The lowest BCUT2D eigenvalue weighted by Gasteiger charge is -2.12. The first kappa shape index (κ1) is 10.1. The molecule has 0 aromatic rings. The Morgan fingerprint density at radius 1 is 1.31 bits per heavy atom. The number of rotatable bonds is 2. The van der Waals surface area contributed by atoms with Crippen LogP contribution in [0.2, 0.25) is 0 Å². The third-order valence-electron chi connectivity index (χ3n) is 2.62. The molecule has 1 rings (SSSR count). The summed E-state index contributed by atoms with van der Waals surface area (Å²) >= 11 is 0. The molecule has 0 amide bonds. The topological polar surface area (TPSA) is 26.0 Å². The van der Waals surface area contributed by atoms with Crippen molar-refractivity contribution in [3.8, 4) is 0 Å². The molecule has 0 unspecified atom stereocenters. The smallest absolute Gasteiger partial charge is 0.0128 e. The lowest BCUT2D eigenvalue weighted by molar-refractivity contribution is 0.894. The molecule has 13 heavy (non-hydrogen) atoms. The lowest BCUT2D eigenvalue weighted by Crippen LogP contribution is -2.02. The molecule has 1 nitrogen and oxygen atoms in total. The fourth-order valence-corrected chi connectivity index (χ4v) is 2.07. The highest BCUT2D eigenvalue weighted by Gasteiger charge is 2.16. The van der Waals surface area contributed by atoms with Gasteiger partial charge in [-0.05, 0) is 56.8 Å². The van der Waals surface area contributed by atoms with Gasteiger partial charge < -0.3 is 5.73 Å². The predicted molar refractivity (Wildman–Crippen MR) is 58.3 cm³/mol. The van der Waals surface area contributed by atoms with Gasteiger partial charge in [-0.15, -0.1) is 0 Å². The van der Waals surface area contributed by atoms with Crippen LogP contribution in [0.5, 0.6) is 0 Å². The van der Waals surface area contributed by atoms with Gasteiger partial charge in [0.1, 0.15) is 0 Å². The van der Waals surface area contributed by atoms with Crippen LogP contribution in [-0.4, -0.2) is 0 Å². The summed E-state index contributed by atoms with van der Waals surface area (Å²) in [6.07, 6.45) is 3.66. The van der Waals surface area contributed by atoms with Gasteiger partial charge in [-0.25, -0.2) is 0 Å². The molecule has 1 aliphatic carbocycles. The Labute approximate surface area is 81.0 Å². The minimum atomic E-state index is 0.906. The lowest BCUT2D eigenvalue weighted by atomic mass is 9.95. The molecule has 0 fully saturated rings. The van der Waals surface area contributed by atoms with Crippen LogP contribution in [0.15, 0.2) is 34.6 Å². The second-order valence-electron chi connectivity index (χ2n) is 3.95. The van der Waals surface area contributed by atoms with Crippen molar-refractivity contribution < 1.29 is 0 Å². The van der Waals surface area contributed by atoms with Crippen molar-refractivity contribution in [1.29, 1.82) is 0 Å². The molecule has 2 N–H and O–H groups in total. The maximum atomic E-state index is 5.86. The summed E-state index contributed by atoms with van der Waals surface area (Å²) in [6.45, 7) is 10.2. The van der Waals surface area contributed by atoms with Crippen molar-refractivity contribution in [3.05, 3.63) is 34.6 Å². The van der Waals surface area contributed by atoms with Crippen molar-refractivity contribution in [3.63, 3.8) is 0 Å². The molecule has 0 aromatic carbocycles. The van der Waals surface area contributed by atoms with E-state index in [1.165, 1.54) is 36.0 Å². The van der Waals surface area contributed by atoms with Crippen LogP contribution in [0.1, 0.15) is 40.0 Å². The summed E-state index contributed by atoms with van der Waals surface area (Å²) in [4.78, 5) is 0. The van der Waals surface area contributed by atoms with E-state index in [-0.39, 0.29) is 0 Å². The van der Waals surface area contributed by atoms with E-state index in [0.717, 1.165) is 11.3 Å². The molecule has 0 aromatic heterocycles. The van der Waals surface area contributed by atoms with Gasteiger partial charge in [0.2, 0.25) is 0 Å². The second-order valence-corrected chi connectivity index (χ2v) is 3.95. The molecule has 0 atom stereocenters. The molecule has 0 saturated heterocycles. The summed E-state index contributed by atoms with van der Waals surface area (Å²) < 4.78 is 0. The minimum Gasteiger partial charge on any atom is -0.402 e. The molecule has 0 heterocycles. The molecular weight excluding hydrogens is 158 g/mol. The number of hydrogen-bond acceptors (Lipinski definition) is 1. The van der Waals surface area contributed by atoms with E-state index in [1.807, 2.05) is 13.8 Å². The highest BCUT2D eigenvalue weighted by Crippen LogP contribution is 2.34. The van der Waals surface area contributed by atoms with E-state index in [1.54, 1.807) is 0 Å². The number of nitrogens with two attached hydrogens (primary N) is 1. The van der Waals surface area contributed by atoms with Crippen LogP contribution >= 0.6 is 0 Å². The van der Waals surface area contributed by atoms with Crippen molar-refractivity contribution in [2.24, 2.45) is 5.73 Å². The third kappa shape index (κ3) is 2.03. The van der Waals surface area contributed by atoms with Crippen LogP contribution in [0.25, 0.3) is 0 Å². The molecule has 72 valence electrons. The maximum absolute atomic E-state index is 5.86. The van der Waals surface area contributed by atoms with Gasteiger partial charge in [0, 0.05) is 5.70 Å². The highest BCUT2D eigenvalue weighted by molar-refractivity contribution is 5.49. The van der Waals surface area contributed by atoms with Gasteiger partial charge >= 0.3 is 0 Å². The fraction of sp³-hybridized carbons (Fsp3) is 0.500. The van der Waals surface area contributed by atoms with Crippen LogP contribution in [0.4, 0.5) is 0 Å². The fourth-order valence-electron chi connectivity index (χ4n) is 2.07. The van der Waals surface area contributed by atoms with Gasteiger partial charge in [0.15, 0.2) is 0 Å². The first-order chi connectivity index (χ1) is 6.04. The average Bonchev–Trinajstić information content (AvgIpc) is 2.35. The molecule has 0 aliphatic heterocycles. The third-order valence-corrected chi connectivity index (χ3v) is 2.62. The minimum absolute atomic E-state index is 0.906. The Morgan fingerprint density at radius 2 is 1.92 bits per heavy atom. The average molecular weight is 177 g/mol. The summed E-state index contributed by atoms with van der Waals surface area (Å²) in [5.41, 5.74) is 12.0. The second kappa shape index (κ2) is 3.82. The predicted octanol–water partition coefficient (Wildman–Crippen LogP) is 3.30. The zero-order chi connectivity index (χ0) is 10.0.